The standard InChI is InChI=1S/C16H29NO3/c1-6-9-12(4)15(20-5)14(16(19)17-8-3)11-13(18)10-7-2/h6,9,12,14-15H,7-8,10-11H2,1-5H3,(H,17,19)/b9-6+/t12-,14+,15-/m1/s1/i2D. The van der Waals surface area contributed by atoms with Crippen molar-refractivity contribution in [3.63, 3.8) is 0 Å². The highest BCUT2D eigenvalue weighted by atomic mass is 16.5. The molecule has 0 rings (SSSR count). The lowest BCUT2D eigenvalue weighted by atomic mass is 9.86. The Balaban J connectivity index is 5.00. The van der Waals surface area contributed by atoms with Gasteiger partial charge in [-0.1, -0.05) is 26.0 Å². The van der Waals surface area contributed by atoms with Gasteiger partial charge in [-0.15, -0.1) is 0 Å². The Kier molecular flexibility index (Phi) is 8.96. The highest BCUT2D eigenvalue weighted by Gasteiger charge is 2.32. The van der Waals surface area contributed by atoms with Crippen molar-refractivity contribution in [3.05, 3.63) is 12.2 Å². The van der Waals surface area contributed by atoms with Gasteiger partial charge in [0.15, 0.2) is 0 Å². The fraction of sp³-hybridized carbons (Fsp3) is 0.750. The number of hydrogen-bond donors (Lipinski definition) is 1. The molecule has 0 bridgehead atoms. The molecule has 3 atom stereocenters. The third-order valence-electron chi connectivity index (χ3n) is 3.27. The topological polar surface area (TPSA) is 55.4 Å². The molecule has 0 aromatic carbocycles. The summed E-state index contributed by atoms with van der Waals surface area (Å²) < 4.78 is 12.6. The summed E-state index contributed by atoms with van der Waals surface area (Å²) in [4.78, 5) is 24.2. The van der Waals surface area contributed by atoms with E-state index in [-0.39, 0.29) is 37.0 Å². The molecule has 0 aromatic heterocycles. The molecule has 1 N–H and O–H groups in total. The second-order valence-electron chi connectivity index (χ2n) is 4.93. The molecule has 0 radical (unpaired) electrons. The van der Waals surface area contributed by atoms with Gasteiger partial charge in [0, 0.05) is 33.8 Å². The van der Waals surface area contributed by atoms with E-state index >= 15 is 0 Å². The van der Waals surface area contributed by atoms with Crippen molar-refractivity contribution in [3.8, 4) is 0 Å². The monoisotopic (exact) mass is 284 g/mol. The number of hydrogen-bond acceptors (Lipinski definition) is 3. The van der Waals surface area contributed by atoms with Gasteiger partial charge in [0.05, 0.1) is 12.0 Å². The van der Waals surface area contributed by atoms with E-state index in [2.05, 4.69) is 5.32 Å². The molecule has 0 heterocycles. The quantitative estimate of drug-likeness (QED) is 0.628. The van der Waals surface area contributed by atoms with Gasteiger partial charge in [-0.05, 0) is 20.3 Å². The van der Waals surface area contributed by atoms with E-state index < -0.39 is 5.92 Å². The van der Waals surface area contributed by atoms with E-state index in [0.717, 1.165) is 0 Å². The minimum absolute atomic E-state index is 0.0215. The molecule has 0 aliphatic rings. The summed E-state index contributed by atoms with van der Waals surface area (Å²) >= 11 is 0. The highest BCUT2D eigenvalue weighted by Crippen LogP contribution is 2.22. The number of amides is 1. The minimum Gasteiger partial charge on any atom is -0.380 e. The van der Waals surface area contributed by atoms with Crippen LogP contribution >= 0.6 is 0 Å². The first kappa shape index (κ1) is 16.9. The molecule has 0 fully saturated rings. The third-order valence-corrected chi connectivity index (χ3v) is 3.27. The van der Waals surface area contributed by atoms with E-state index in [1.54, 1.807) is 7.11 Å². The van der Waals surface area contributed by atoms with Crippen LogP contribution < -0.4 is 5.32 Å². The predicted octanol–water partition coefficient (Wildman–Crippen LogP) is 2.73. The molecule has 0 aliphatic carbocycles. The summed E-state index contributed by atoms with van der Waals surface area (Å²) in [5, 5.41) is 2.79. The fourth-order valence-corrected chi connectivity index (χ4v) is 2.37. The van der Waals surface area contributed by atoms with Gasteiger partial charge in [0.2, 0.25) is 5.91 Å². The minimum atomic E-state index is -0.487. The molecule has 0 spiro atoms. The van der Waals surface area contributed by atoms with Crippen molar-refractivity contribution in [1.29, 1.82) is 0 Å². The number of allylic oxidation sites excluding steroid dienone is 1. The Bertz CT molecular complexity index is 344. The van der Waals surface area contributed by atoms with Crippen molar-refractivity contribution in [2.24, 2.45) is 11.8 Å². The lowest BCUT2D eigenvalue weighted by molar-refractivity contribution is -0.135. The summed E-state index contributed by atoms with van der Waals surface area (Å²) in [6, 6.07) is 0. The van der Waals surface area contributed by atoms with Gasteiger partial charge in [-0.25, -0.2) is 0 Å². The SMILES string of the molecule is [2H]CCCC(=O)C[C@H](C(=O)NCC)[C@H](OC)[C@H](C)/C=C/C. The van der Waals surface area contributed by atoms with Crippen LogP contribution in [0.2, 0.25) is 0 Å². The Hall–Kier alpha value is -1.16. The number of carbonyl (C=O) groups is 2. The first-order valence-corrected chi connectivity index (χ1v) is 7.25. The Morgan fingerprint density at radius 1 is 1.45 bits per heavy atom. The number of nitrogens with one attached hydrogen (secondary N) is 1. The highest BCUT2D eigenvalue weighted by molar-refractivity contribution is 5.87. The molecular formula is C16H29NO3. The van der Waals surface area contributed by atoms with Crippen molar-refractivity contribution in [2.75, 3.05) is 13.7 Å². The Labute approximate surface area is 124 Å². The fourth-order valence-electron chi connectivity index (χ4n) is 2.37. The molecule has 4 nitrogen and oxygen atoms in total. The first-order chi connectivity index (χ1) is 10.0. The van der Waals surface area contributed by atoms with E-state index in [4.69, 9.17) is 6.11 Å². The van der Waals surface area contributed by atoms with Crippen molar-refractivity contribution < 1.29 is 15.7 Å². The van der Waals surface area contributed by atoms with Crippen LogP contribution in [0, 0.1) is 11.8 Å². The predicted molar refractivity (Wildman–Crippen MR) is 81.5 cm³/mol. The average Bonchev–Trinajstić information content (AvgIpc) is 2.45. The number of Topliss-reactive ketones (excluding diaryl/α,β-unsaturated/α-hetero) is 1. The summed E-state index contributed by atoms with van der Waals surface area (Å²) in [5.74, 6) is -0.552. The van der Waals surface area contributed by atoms with E-state index in [1.807, 2.05) is 32.9 Å². The Morgan fingerprint density at radius 3 is 2.65 bits per heavy atom. The molecule has 116 valence electrons. The maximum atomic E-state index is 12.3. The second-order valence-corrected chi connectivity index (χ2v) is 4.93. The molecule has 0 unspecified atom stereocenters. The lowest BCUT2D eigenvalue weighted by Gasteiger charge is -2.28. The zero-order chi connectivity index (χ0) is 16.3. The van der Waals surface area contributed by atoms with Crippen molar-refractivity contribution >= 4 is 11.7 Å². The van der Waals surface area contributed by atoms with E-state index in [1.165, 1.54) is 0 Å². The zero-order valence-electron chi connectivity index (χ0n) is 14.1. The van der Waals surface area contributed by atoms with Crippen molar-refractivity contribution in [1.82, 2.24) is 5.32 Å². The van der Waals surface area contributed by atoms with Crippen LogP contribution in [0.15, 0.2) is 12.2 Å². The van der Waals surface area contributed by atoms with Crippen LogP contribution in [0.25, 0.3) is 0 Å². The normalized spacial score (nSPS) is 16.5. The van der Waals surface area contributed by atoms with Crippen LogP contribution in [-0.2, 0) is 14.3 Å². The third kappa shape index (κ3) is 6.33. The number of ether oxygens (including phenoxy) is 1. The van der Waals surface area contributed by atoms with Crippen LogP contribution in [0.3, 0.4) is 0 Å². The molecule has 0 saturated carbocycles. The number of carbonyl (C=O) groups excluding carboxylic acids is 2. The lowest BCUT2D eigenvalue weighted by Crippen LogP contribution is -2.42. The summed E-state index contributed by atoms with van der Waals surface area (Å²) in [5.41, 5.74) is 0. The van der Waals surface area contributed by atoms with Gasteiger partial charge >= 0.3 is 0 Å². The molecule has 0 saturated heterocycles. The van der Waals surface area contributed by atoms with Gasteiger partial charge in [-0.3, -0.25) is 9.59 Å². The first-order valence-electron chi connectivity index (χ1n) is 7.96. The van der Waals surface area contributed by atoms with Crippen molar-refractivity contribution in [2.45, 2.75) is 53.0 Å². The summed E-state index contributed by atoms with van der Waals surface area (Å²) in [6.07, 6.45) is 4.65. The molecule has 0 aromatic rings. The molecular weight excluding hydrogens is 254 g/mol. The van der Waals surface area contributed by atoms with Crippen LogP contribution in [-0.4, -0.2) is 31.4 Å². The summed E-state index contributed by atoms with van der Waals surface area (Å²) in [7, 11) is 1.57. The number of ketones is 1. The van der Waals surface area contributed by atoms with Gasteiger partial charge in [-0.2, -0.15) is 0 Å². The summed E-state index contributed by atoms with van der Waals surface area (Å²) in [6.45, 7) is 6.53. The van der Waals surface area contributed by atoms with Crippen LogP contribution in [0.5, 0.6) is 0 Å². The largest absolute Gasteiger partial charge is 0.380 e. The molecule has 0 aliphatic heterocycles. The average molecular weight is 284 g/mol. The van der Waals surface area contributed by atoms with Crippen LogP contribution in [0.4, 0.5) is 0 Å². The van der Waals surface area contributed by atoms with Crippen LogP contribution in [0.1, 0.15) is 48.3 Å². The molecule has 1 amide bonds. The molecule has 20 heavy (non-hydrogen) atoms. The van der Waals surface area contributed by atoms with E-state index in [0.29, 0.717) is 19.4 Å². The number of methoxy groups -OCH3 is 1. The Morgan fingerprint density at radius 2 is 2.15 bits per heavy atom. The maximum absolute atomic E-state index is 12.3. The van der Waals surface area contributed by atoms with Gasteiger partial charge in [0.25, 0.3) is 0 Å². The number of rotatable bonds is 10. The van der Waals surface area contributed by atoms with E-state index in [9.17, 15) is 9.59 Å². The maximum Gasteiger partial charge on any atom is 0.226 e. The molecule has 4 heteroatoms. The second kappa shape index (κ2) is 10.6. The zero-order valence-corrected chi connectivity index (χ0v) is 13.1. The van der Waals surface area contributed by atoms with Gasteiger partial charge in [0.1, 0.15) is 5.78 Å². The smallest absolute Gasteiger partial charge is 0.226 e. The van der Waals surface area contributed by atoms with Gasteiger partial charge < -0.3 is 10.1 Å².